The minimum absolute atomic E-state index is 0.00787. The van der Waals surface area contributed by atoms with Crippen LogP contribution in [0.5, 0.6) is 28.7 Å². The van der Waals surface area contributed by atoms with Gasteiger partial charge in [-0.3, -0.25) is 9.78 Å². The highest BCUT2D eigenvalue weighted by molar-refractivity contribution is 6.04. The number of pyridine rings is 2. The summed E-state index contributed by atoms with van der Waals surface area (Å²) >= 11 is 0. The van der Waals surface area contributed by atoms with Crippen LogP contribution in [0, 0.1) is 0 Å². The Hall–Kier alpha value is -5.60. The van der Waals surface area contributed by atoms with Gasteiger partial charge in [0.15, 0.2) is 22.9 Å². The molecule has 0 aliphatic rings. The monoisotopic (exact) mass is 550 g/mol. The summed E-state index contributed by atoms with van der Waals surface area (Å²) in [6.07, 6.45) is 6.68. The number of fused-ring (bicyclic) bond motifs is 1. The lowest BCUT2D eigenvalue weighted by Crippen LogP contribution is -2.16. The van der Waals surface area contributed by atoms with E-state index in [2.05, 4.69) is 35.1 Å². The van der Waals surface area contributed by atoms with Crippen molar-refractivity contribution in [2.24, 2.45) is 0 Å². The molecule has 40 heavy (non-hydrogen) atoms. The van der Waals surface area contributed by atoms with Crippen molar-refractivity contribution in [3.05, 3.63) is 67.0 Å². The molecule has 0 spiro atoms. The number of amides is 1. The molecule has 0 aliphatic heterocycles. The van der Waals surface area contributed by atoms with E-state index in [0.717, 1.165) is 10.9 Å². The Balaban J connectivity index is 1.35. The lowest BCUT2D eigenvalue weighted by molar-refractivity contribution is -0.0501. The molecule has 0 fully saturated rings. The average Bonchev–Trinajstić information content (AvgIpc) is 3.37. The van der Waals surface area contributed by atoms with Crippen molar-refractivity contribution in [1.29, 1.82) is 0 Å². The molecular weight excluding hydrogens is 530 g/mol. The molecule has 0 radical (unpaired) electrons. The van der Waals surface area contributed by atoms with Crippen LogP contribution in [0.4, 0.5) is 20.5 Å². The van der Waals surface area contributed by atoms with Gasteiger partial charge < -0.3 is 30.0 Å². The van der Waals surface area contributed by atoms with Gasteiger partial charge >= 0.3 is 6.61 Å². The van der Waals surface area contributed by atoms with Gasteiger partial charge in [-0.1, -0.05) is 0 Å². The van der Waals surface area contributed by atoms with Gasteiger partial charge in [0.1, 0.15) is 23.0 Å². The van der Waals surface area contributed by atoms with Crippen molar-refractivity contribution in [3.8, 4) is 34.4 Å². The summed E-state index contributed by atoms with van der Waals surface area (Å²) in [6, 6.07) is 8.19. The summed E-state index contributed by atoms with van der Waals surface area (Å²) in [7, 11) is 3.06. The first-order chi connectivity index (χ1) is 19.3. The fourth-order valence-electron chi connectivity index (χ4n) is 3.63. The van der Waals surface area contributed by atoms with Crippen molar-refractivity contribution >= 4 is 28.6 Å². The van der Waals surface area contributed by atoms with Gasteiger partial charge in [0.05, 0.1) is 44.5 Å². The Kier molecular flexibility index (Phi) is 7.17. The smallest absolute Gasteiger partial charge is 0.387 e. The number of methoxy groups -OCH3 is 2. The van der Waals surface area contributed by atoms with Crippen molar-refractivity contribution in [2.75, 3.05) is 25.3 Å². The Morgan fingerprint density at radius 3 is 2.38 bits per heavy atom. The molecule has 0 unspecified atom stereocenters. The van der Waals surface area contributed by atoms with Crippen LogP contribution >= 0.6 is 0 Å². The molecule has 15 heteroatoms. The van der Waals surface area contributed by atoms with Crippen LogP contribution in [-0.4, -0.2) is 56.5 Å². The topological polar surface area (TPSA) is 161 Å². The van der Waals surface area contributed by atoms with E-state index in [4.69, 9.17) is 19.9 Å². The number of alkyl halides is 2. The number of nitrogens with two attached hydrogens (primary N) is 1. The number of ether oxygens (including phenoxy) is 4. The summed E-state index contributed by atoms with van der Waals surface area (Å²) in [5.41, 5.74) is 5.96. The van der Waals surface area contributed by atoms with E-state index in [1.54, 1.807) is 30.5 Å². The average molecular weight is 550 g/mol. The highest BCUT2D eigenvalue weighted by atomic mass is 19.3. The van der Waals surface area contributed by atoms with Crippen LogP contribution in [0.2, 0.25) is 0 Å². The third kappa shape index (κ3) is 5.47. The second kappa shape index (κ2) is 11.0. The molecule has 5 aromatic rings. The summed E-state index contributed by atoms with van der Waals surface area (Å²) < 4.78 is 48.2. The Morgan fingerprint density at radius 2 is 1.70 bits per heavy atom. The molecule has 0 bridgehead atoms. The molecule has 0 atom stereocenters. The number of carbonyl (C=O) groups is 1. The molecule has 1 aromatic carbocycles. The standard InChI is InChI=1S/C25H20F2N8O5/c1-37-18-7-15-16(8-19(18)38-2)29-6-5-17(15)39-14-3-4-21(30-11-14)33-23(36)22-20(40-24(26)27)12-35(34-22)13-9-31-25(28)32-10-13/h3-12,24H,1-2H3,(H2,28,31,32)(H,30,33,36). The highest BCUT2D eigenvalue weighted by Gasteiger charge is 2.22. The molecule has 4 heterocycles. The number of nitrogens with zero attached hydrogens (tertiary/aromatic N) is 6. The summed E-state index contributed by atoms with van der Waals surface area (Å²) in [4.78, 5) is 29.0. The van der Waals surface area contributed by atoms with E-state index in [1.165, 1.54) is 38.9 Å². The van der Waals surface area contributed by atoms with Crippen LogP contribution in [0.1, 0.15) is 10.5 Å². The first-order valence-electron chi connectivity index (χ1n) is 11.4. The number of anilines is 2. The molecule has 13 nitrogen and oxygen atoms in total. The van der Waals surface area contributed by atoms with Crippen LogP contribution in [-0.2, 0) is 0 Å². The number of nitrogens with one attached hydrogen (secondary N) is 1. The number of rotatable bonds is 9. The van der Waals surface area contributed by atoms with Gasteiger partial charge in [-0.15, -0.1) is 0 Å². The first-order valence-corrected chi connectivity index (χ1v) is 11.4. The fraction of sp³-hybridized carbons (Fsp3) is 0.120. The van der Waals surface area contributed by atoms with Gasteiger partial charge in [-0.25, -0.2) is 19.6 Å². The number of carbonyl (C=O) groups excluding carboxylic acids is 1. The minimum Gasteiger partial charge on any atom is -0.493 e. The van der Waals surface area contributed by atoms with Crippen molar-refractivity contribution in [2.45, 2.75) is 6.61 Å². The van der Waals surface area contributed by atoms with Gasteiger partial charge in [0, 0.05) is 17.6 Å². The Morgan fingerprint density at radius 1 is 0.950 bits per heavy atom. The molecule has 5 rings (SSSR count). The number of hydrogen-bond acceptors (Lipinski definition) is 11. The molecule has 0 aliphatic carbocycles. The predicted octanol–water partition coefficient (Wildman–Crippen LogP) is 3.85. The van der Waals surface area contributed by atoms with Crippen LogP contribution in [0.15, 0.2) is 61.3 Å². The number of halogens is 2. The SMILES string of the molecule is COc1cc2nccc(Oc3ccc(NC(=O)c4nn(-c5cnc(N)nc5)cc4OC(F)F)nc3)c2cc1OC. The van der Waals surface area contributed by atoms with E-state index in [0.29, 0.717) is 33.9 Å². The van der Waals surface area contributed by atoms with E-state index >= 15 is 0 Å². The van der Waals surface area contributed by atoms with Crippen molar-refractivity contribution in [3.63, 3.8) is 0 Å². The van der Waals surface area contributed by atoms with E-state index in [1.807, 2.05) is 0 Å². The maximum Gasteiger partial charge on any atom is 0.387 e. The second-order valence-electron chi connectivity index (χ2n) is 7.93. The lowest BCUT2D eigenvalue weighted by Gasteiger charge is -2.12. The molecule has 0 saturated heterocycles. The van der Waals surface area contributed by atoms with Gasteiger partial charge in [-0.2, -0.15) is 13.9 Å². The molecular formula is C25H20F2N8O5. The van der Waals surface area contributed by atoms with Crippen LogP contribution < -0.4 is 30.0 Å². The fourth-order valence-corrected chi connectivity index (χ4v) is 3.63. The van der Waals surface area contributed by atoms with Crippen LogP contribution in [0.3, 0.4) is 0 Å². The molecule has 4 aromatic heterocycles. The van der Waals surface area contributed by atoms with E-state index in [-0.39, 0.29) is 17.5 Å². The lowest BCUT2D eigenvalue weighted by atomic mass is 10.2. The zero-order valence-corrected chi connectivity index (χ0v) is 20.9. The summed E-state index contributed by atoms with van der Waals surface area (Å²) in [6.45, 7) is -3.19. The van der Waals surface area contributed by atoms with Crippen molar-refractivity contribution in [1.82, 2.24) is 29.7 Å². The quantitative estimate of drug-likeness (QED) is 0.274. The molecule has 3 N–H and O–H groups in total. The van der Waals surface area contributed by atoms with Crippen molar-refractivity contribution < 1.29 is 32.5 Å². The first kappa shape index (κ1) is 26.0. The largest absolute Gasteiger partial charge is 0.493 e. The normalized spacial score (nSPS) is 10.9. The minimum atomic E-state index is -3.19. The second-order valence-corrected chi connectivity index (χ2v) is 7.93. The van der Waals surface area contributed by atoms with Crippen LogP contribution in [0.25, 0.3) is 16.6 Å². The number of nitrogen functional groups attached to an aromatic ring is 1. The third-order valence-corrected chi connectivity index (χ3v) is 5.45. The van der Waals surface area contributed by atoms with Gasteiger partial charge in [0.2, 0.25) is 5.95 Å². The zero-order valence-electron chi connectivity index (χ0n) is 20.9. The van der Waals surface area contributed by atoms with Gasteiger partial charge in [0.25, 0.3) is 5.91 Å². The van der Waals surface area contributed by atoms with Gasteiger partial charge in [-0.05, 0) is 24.3 Å². The molecule has 0 saturated carbocycles. The van der Waals surface area contributed by atoms with E-state index < -0.39 is 24.0 Å². The molecule has 204 valence electrons. The highest BCUT2D eigenvalue weighted by Crippen LogP contribution is 2.36. The predicted molar refractivity (Wildman–Crippen MR) is 137 cm³/mol. The number of benzene rings is 1. The Bertz CT molecular complexity index is 1660. The number of aromatic nitrogens is 6. The maximum absolute atomic E-state index is 13.0. The third-order valence-electron chi connectivity index (χ3n) is 5.45. The summed E-state index contributed by atoms with van der Waals surface area (Å²) in [5.74, 6) is 0.685. The van der Waals surface area contributed by atoms with E-state index in [9.17, 15) is 13.6 Å². The number of hydrogen-bond donors (Lipinski definition) is 2. The Labute approximate surface area is 224 Å². The molecule has 1 amide bonds. The zero-order chi connectivity index (χ0) is 28.2. The summed E-state index contributed by atoms with van der Waals surface area (Å²) in [5, 5.41) is 7.20. The maximum atomic E-state index is 13.0.